The highest BCUT2D eigenvalue weighted by atomic mass is 35.5. The average molecular weight is 341 g/mol. The first-order valence-electron chi connectivity index (χ1n) is 7.98. The molecule has 0 unspecified atom stereocenters. The summed E-state index contributed by atoms with van der Waals surface area (Å²) in [6.07, 6.45) is 3.48. The van der Waals surface area contributed by atoms with Gasteiger partial charge in [-0.15, -0.1) is 0 Å². The highest BCUT2D eigenvalue weighted by Crippen LogP contribution is 2.44. The highest BCUT2D eigenvalue weighted by Gasteiger charge is 2.35. The smallest absolute Gasteiger partial charge is 0.231 e. The summed E-state index contributed by atoms with van der Waals surface area (Å²) < 4.78 is 11.9. The van der Waals surface area contributed by atoms with Crippen molar-refractivity contribution in [2.45, 2.75) is 32.3 Å². The average Bonchev–Trinajstić information content (AvgIpc) is 2.85. The monoisotopic (exact) mass is 340 g/mol. The Morgan fingerprint density at radius 3 is 2.62 bits per heavy atom. The van der Waals surface area contributed by atoms with Crippen LogP contribution < -0.4 is 9.47 Å². The lowest BCUT2D eigenvalue weighted by atomic mass is 9.92. The zero-order valence-electron chi connectivity index (χ0n) is 13.6. The Morgan fingerprint density at radius 1 is 1.12 bits per heavy atom. The van der Waals surface area contributed by atoms with Crippen LogP contribution in [0.4, 0.5) is 0 Å². The molecular weight excluding hydrogens is 324 g/mol. The predicted octanol–water partition coefficient (Wildman–Crippen LogP) is 5.06. The third-order valence-electron chi connectivity index (χ3n) is 4.43. The van der Waals surface area contributed by atoms with Crippen molar-refractivity contribution < 1.29 is 14.3 Å². The fourth-order valence-electron chi connectivity index (χ4n) is 3.11. The number of carbonyl (C=O) groups is 1. The summed E-state index contributed by atoms with van der Waals surface area (Å²) >= 11 is 5.90. The van der Waals surface area contributed by atoms with E-state index in [0.29, 0.717) is 22.1 Å². The molecule has 24 heavy (non-hydrogen) atoms. The molecule has 0 spiro atoms. The van der Waals surface area contributed by atoms with Gasteiger partial charge in [-0.2, -0.15) is 0 Å². The summed E-state index contributed by atoms with van der Waals surface area (Å²) in [5.74, 6) is 1.71. The number of rotatable bonds is 1. The molecule has 2 aliphatic rings. The minimum atomic E-state index is -0.189. The highest BCUT2D eigenvalue weighted by molar-refractivity contribution is 6.30. The number of carbonyl (C=O) groups excluding carboxylic acids is 1. The maximum atomic E-state index is 12.6. The van der Waals surface area contributed by atoms with Gasteiger partial charge in [-0.3, -0.25) is 4.79 Å². The van der Waals surface area contributed by atoms with Crippen molar-refractivity contribution in [1.82, 2.24) is 0 Å². The van der Waals surface area contributed by atoms with E-state index in [2.05, 4.69) is 13.8 Å². The molecule has 0 N–H and O–H groups in total. The Labute approximate surface area is 145 Å². The Bertz CT molecular complexity index is 863. The van der Waals surface area contributed by atoms with Crippen LogP contribution in [0.5, 0.6) is 11.5 Å². The Balaban J connectivity index is 1.71. The topological polar surface area (TPSA) is 35.5 Å². The first kappa shape index (κ1) is 15.3. The molecule has 0 aliphatic carbocycles. The van der Waals surface area contributed by atoms with Gasteiger partial charge in [-0.1, -0.05) is 23.7 Å². The van der Waals surface area contributed by atoms with Crippen LogP contribution in [-0.2, 0) is 6.42 Å². The van der Waals surface area contributed by atoms with E-state index in [1.165, 1.54) is 0 Å². The Kier molecular flexibility index (Phi) is 3.43. The van der Waals surface area contributed by atoms with Gasteiger partial charge in [-0.05, 0) is 62.6 Å². The molecule has 3 nitrogen and oxygen atoms in total. The quantitative estimate of drug-likeness (QED) is 0.681. The lowest BCUT2D eigenvalue weighted by Gasteiger charge is -2.33. The molecule has 2 aromatic carbocycles. The van der Waals surface area contributed by atoms with E-state index in [1.807, 2.05) is 18.2 Å². The van der Waals surface area contributed by atoms with Crippen molar-refractivity contribution in [3.8, 4) is 11.5 Å². The number of hydrogen-bond acceptors (Lipinski definition) is 3. The van der Waals surface area contributed by atoms with E-state index in [-0.39, 0.29) is 11.4 Å². The fourth-order valence-corrected chi connectivity index (χ4v) is 3.23. The van der Waals surface area contributed by atoms with Gasteiger partial charge in [0.2, 0.25) is 5.78 Å². The predicted molar refractivity (Wildman–Crippen MR) is 93.9 cm³/mol. The molecule has 0 amide bonds. The van der Waals surface area contributed by atoms with E-state index in [0.717, 1.165) is 29.7 Å². The van der Waals surface area contributed by atoms with E-state index >= 15 is 0 Å². The van der Waals surface area contributed by atoms with Crippen LogP contribution in [-0.4, -0.2) is 11.4 Å². The molecule has 0 saturated carbocycles. The minimum Gasteiger partial charge on any atom is -0.487 e. The van der Waals surface area contributed by atoms with Crippen LogP contribution in [0.1, 0.15) is 41.8 Å². The number of benzene rings is 2. The molecule has 2 aromatic rings. The van der Waals surface area contributed by atoms with Gasteiger partial charge in [0.05, 0.1) is 5.56 Å². The number of ketones is 1. The number of hydrogen-bond donors (Lipinski definition) is 0. The largest absolute Gasteiger partial charge is 0.487 e. The molecule has 0 radical (unpaired) electrons. The molecule has 4 rings (SSSR count). The molecule has 0 bridgehead atoms. The van der Waals surface area contributed by atoms with Gasteiger partial charge < -0.3 is 9.47 Å². The molecule has 122 valence electrons. The van der Waals surface area contributed by atoms with Crippen LogP contribution in [0.25, 0.3) is 6.08 Å². The van der Waals surface area contributed by atoms with Crippen LogP contribution in [0, 0.1) is 0 Å². The van der Waals surface area contributed by atoms with Crippen molar-refractivity contribution in [3.05, 3.63) is 63.9 Å². The summed E-state index contributed by atoms with van der Waals surface area (Å²) in [5.41, 5.74) is 2.28. The Morgan fingerprint density at radius 2 is 1.88 bits per heavy atom. The zero-order valence-corrected chi connectivity index (χ0v) is 14.3. The van der Waals surface area contributed by atoms with E-state index < -0.39 is 0 Å². The van der Waals surface area contributed by atoms with Crippen molar-refractivity contribution in [2.24, 2.45) is 0 Å². The van der Waals surface area contributed by atoms with E-state index in [9.17, 15) is 4.79 Å². The molecule has 0 saturated heterocycles. The van der Waals surface area contributed by atoms with Gasteiger partial charge in [0, 0.05) is 10.6 Å². The fraction of sp³-hybridized carbons (Fsp3) is 0.250. The molecule has 0 fully saturated rings. The maximum Gasteiger partial charge on any atom is 0.231 e. The first-order chi connectivity index (χ1) is 11.4. The first-order valence-corrected chi connectivity index (χ1v) is 8.35. The van der Waals surface area contributed by atoms with E-state index in [1.54, 1.807) is 24.3 Å². The summed E-state index contributed by atoms with van der Waals surface area (Å²) in [5, 5.41) is 0.660. The molecule has 2 aliphatic heterocycles. The van der Waals surface area contributed by atoms with Gasteiger partial charge in [0.15, 0.2) is 5.76 Å². The zero-order chi connectivity index (χ0) is 16.9. The molecule has 4 heteroatoms. The van der Waals surface area contributed by atoms with E-state index in [4.69, 9.17) is 21.1 Å². The molecule has 2 heterocycles. The van der Waals surface area contributed by atoms with Gasteiger partial charge in [0.25, 0.3) is 0 Å². The van der Waals surface area contributed by atoms with Crippen molar-refractivity contribution in [2.75, 3.05) is 0 Å². The van der Waals surface area contributed by atoms with Gasteiger partial charge in [-0.25, -0.2) is 0 Å². The summed E-state index contributed by atoms with van der Waals surface area (Å²) in [6, 6.07) is 11.0. The number of halogens is 1. The third-order valence-corrected chi connectivity index (χ3v) is 4.68. The van der Waals surface area contributed by atoms with Crippen molar-refractivity contribution >= 4 is 23.5 Å². The number of ether oxygens (including phenoxy) is 2. The lowest BCUT2D eigenvalue weighted by molar-refractivity contribution is 0.0838. The number of fused-ring (bicyclic) bond motifs is 3. The summed E-state index contributed by atoms with van der Waals surface area (Å²) in [7, 11) is 0. The van der Waals surface area contributed by atoms with Gasteiger partial charge in [0.1, 0.15) is 17.1 Å². The Hall–Kier alpha value is -2.26. The van der Waals surface area contributed by atoms with Crippen LogP contribution in [0.2, 0.25) is 5.02 Å². The van der Waals surface area contributed by atoms with Crippen LogP contribution in [0.15, 0.2) is 42.2 Å². The van der Waals surface area contributed by atoms with Crippen molar-refractivity contribution in [3.63, 3.8) is 0 Å². The molecule has 0 aromatic heterocycles. The van der Waals surface area contributed by atoms with Crippen LogP contribution in [0.3, 0.4) is 0 Å². The second-order valence-corrected chi connectivity index (χ2v) is 7.21. The van der Waals surface area contributed by atoms with Crippen molar-refractivity contribution in [1.29, 1.82) is 0 Å². The number of Topliss-reactive ketones (excluding diaryl/α,β-unsaturated/α-hetero) is 1. The standard InChI is InChI=1S/C20H17ClO3/c1-20(2)10-9-14-16(24-20)8-7-15-18(22)17(23-19(14)15)11-12-3-5-13(21)6-4-12/h3-8,11H,9-10H2,1-2H3/b17-11-. The second kappa shape index (κ2) is 5.38. The normalized spacial score (nSPS) is 19.5. The summed E-state index contributed by atoms with van der Waals surface area (Å²) in [4.78, 5) is 12.6. The lowest BCUT2D eigenvalue weighted by Crippen LogP contribution is -2.32. The molecular formula is C20H17ClO3. The molecule has 0 atom stereocenters. The van der Waals surface area contributed by atoms with Gasteiger partial charge >= 0.3 is 0 Å². The SMILES string of the molecule is CC1(C)CCc2c(ccc3c2O/C(=C\c2ccc(Cl)cc2)C3=O)O1. The third kappa shape index (κ3) is 2.59. The van der Waals surface area contributed by atoms with Crippen LogP contribution >= 0.6 is 11.6 Å². The minimum absolute atomic E-state index is 0.0902. The summed E-state index contributed by atoms with van der Waals surface area (Å²) in [6.45, 7) is 4.14. The number of allylic oxidation sites excluding steroid dienone is 1. The second-order valence-electron chi connectivity index (χ2n) is 6.77. The maximum absolute atomic E-state index is 12.6.